The van der Waals surface area contributed by atoms with Crippen molar-refractivity contribution in [3.63, 3.8) is 0 Å². The largest absolute Gasteiger partial charge is 0.492 e. The van der Waals surface area contributed by atoms with Crippen molar-refractivity contribution in [3.8, 4) is 17.2 Å². The molecule has 24 heavy (non-hydrogen) atoms. The molecule has 4 aliphatic rings. The monoisotopic (exact) mass is 331 g/mol. The Morgan fingerprint density at radius 2 is 2.21 bits per heavy atom. The Bertz CT molecular complexity index is 731. The van der Waals surface area contributed by atoms with E-state index in [9.17, 15) is 5.11 Å². The van der Waals surface area contributed by atoms with Gasteiger partial charge in [-0.1, -0.05) is 11.6 Å². The number of hydrogen-bond acceptors (Lipinski definition) is 6. The quantitative estimate of drug-likeness (QED) is 0.794. The molecule has 6 heteroatoms. The highest BCUT2D eigenvalue weighted by atomic mass is 16.7. The first-order valence-electron chi connectivity index (χ1n) is 8.42. The number of aliphatic hydroxyl groups is 1. The van der Waals surface area contributed by atoms with E-state index in [0.717, 1.165) is 30.5 Å². The lowest BCUT2D eigenvalue weighted by Crippen LogP contribution is -2.45. The highest BCUT2D eigenvalue weighted by Crippen LogP contribution is 2.56. The van der Waals surface area contributed by atoms with E-state index in [1.165, 1.54) is 5.57 Å². The van der Waals surface area contributed by atoms with Crippen molar-refractivity contribution < 1.29 is 24.1 Å². The molecular weight excluding hydrogens is 310 g/mol. The maximum absolute atomic E-state index is 10.5. The van der Waals surface area contributed by atoms with E-state index in [1.54, 1.807) is 7.11 Å². The minimum Gasteiger partial charge on any atom is -0.492 e. The van der Waals surface area contributed by atoms with Gasteiger partial charge in [-0.25, -0.2) is 0 Å². The van der Waals surface area contributed by atoms with Gasteiger partial charge in [-0.2, -0.15) is 0 Å². The molecule has 0 saturated carbocycles. The summed E-state index contributed by atoms with van der Waals surface area (Å²) in [7, 11) is 3.80. The molecule has 0 radical (unpaired) electrons. The van der Waals surface area contributed by atoms with Gasteiger partial charge in [-0.3, -0.25) is 4.90 Å². The van der Waals surface area contributed by atoms with Crippen molar-refractivity contribution in [1.29, 1.82) is 0 Å². The van der Waals surface area contributed by atoms with Gasteiger partial charge in [0.05, 0.1) is 13.2 Å². The van der Waals surface area contributed by atoms with Crippen molar-refractivity contribution in [3.05, 3.63) is 28.8 Å². The summed E-state index contributed by atoms with van der Waals surface area (Å²) in [5.74, 6) is 2.05. The second-order valence-electron chi connectivity index (χ2n) is 6.89. The van der Waals surface area contributed by atoms with E-state index in [0.29, 0.717) is 17.2 Å². The van der Waals surface area contributed by atoms with Gasteiger partial charge in [0, 0.05) is 29.6 Å². The maximum Gasteiger partial charge on any atom is 0.231 e. The van der Waals surface area contributed by atoms with E-state index < -0.39 is 6.29 Å². The van der Waals surface area contributed by atoms with Crippen LogP contribution in [0.5, 0.6) is 17.2 Å². The molecule has 0 spiro atoms. The molecule has 0 amide bonds. The number of likely N-dealkylation sites (tertiary alicyclic amines) is 1. The van der Waals surface area contributed by atoms with Gasteiger partial charge in [0.2, 0.25) is 12.5 Å². The fraction of sp³-hybridized carbons (Fsp3) is 0.556. The zero-order chi connectivity index (χ0) is 16.4. The lowest BCUT2D eigenvalue weighted by Gasteiger charge is -2.44. The lowest BCUT2D eigenvalue weighted by molar-refractivity contribution is -0.162. The first kappa shape index (κ1) is 14.6. The van der Waals surface area contributed by atoms with Crippen LogP contribution in [-0.4, -0.2) is 49.6 Å². The summed E-state index contributed by atoms with van der Waals surface area (Å²) in [5.41, 5.74) is 3.21. The SMILES string of the molecule is COc1c2c(cc3c1[C@@H]1[C@H](CC=C4CCN(C)[C@H]41)O[C@@H]3O)OCO2. The van der Waals surface area contributed by atoms with Crippen LogP contribution in [0.1, 0.15) is 36.2 Å². The Hall–Kier alpha value is -1.76. The number of methoxy groups -OCH3 is 1. The van der Waals surface area contributed by atoms with Crippen molar-refractivity contribution >= 4 is 0 Å². The minimum atomic E-state index is -0.966. The molecule has 1 fully saturated rings. The third-order valence-corrected chi connectivity index (χ3v) is 5.76. The van der Waals surface area contributed by atoms with Crippen molar-refractivity contribution in [2.24, 2.45) is 0 Å². The molecule has 3 aliphatic heterocycles. The Morgan fingerprint density at radius 1 is 1.33 bits per heavy atom. The molecule has 0 aromatic heterocycles. The van der Waals surface area contributed by atoms with Gasteiger partial charge in [-0.15, -0.1) is 0 Å². The summed E-state index contributed by atoms with van der Waals surface area (Å²) in [6.07, 6.45) is 3.17. The van der Waals surface area contributed by atoms with E-state index in [4.69, 9.17) is 18.9 Å². The third-order valence-electron chi connectivity index (χ3n) is 5.76. The predicted octanol–water partition coefficient (Wildman–Crippen LogP) is 1.93. The molecule has 6 nitrogen and oxygen atoms in total. The molecule has 0 unspecified atom stereocenters. The number of hydrogen-bond donors (Lipinski definition) is 1. The molecule has 1 saturated heterocycles. The number of fused-ring (bicyclic) bond motifs is 6. The van der Waals surface area contributed by atoms with Crippen LogP contribution in [0.25, 0.3) is 0 Å². The summed E-state index contributed by atoms with van der Waals surface area (Å²) in [6, 6.07) is 2.12. The first-order chi connectivity index (χ1) is 11.7. The van der Waals surface area contributed by atoms with Gasteiger partial charge >= 0.3 is 0 Å². The number of likely N-dealkylation sites (N-methyl/N-ethyl adjacent to an activating group) is 1. The average Bonchev–Trinajstić information content (AvgIpc) is 3.20. The fourth-order valence-electron chi connectivity index (χ4n) is 4.74. The standard InChI is InChI=1S/C18H21NO5/c1-19-6-5-9-3-4-11-14(15(9)19)13-10(18(20)24-11)7-12-16(17(13)21-2)23-8-22-12/h3,7,11,14-15,18,20H,4-6,8H2,1-2H3/t11-,14-,15+,18-/m0/s1. The summed E-state index contributed by atoms with van der Waals surface area (Å²) < 4.78 is 22.8. The van der Waals surface area contributed by atoms with E-state index >= 15 is 0 Å². The predicted molar refractivity (Wildman–Crippen MR) is 85.4 cm³/mol. The van der Waals surface area contributed by atoms with E-state index in [2.05, 4.69) is 18.0 Å². The number of ether oxygens (including phenoxy) is 4. The van der Waals surface area contributed by atoms with Gasteiger partial charge in [0.15, 0.2) is 17.8 Å². The zero-order valence-electron chi connectivity index (χ0n) is 13.8. The second kappa shape index (κ2) is 5.12. The summed E-state index contributed by atoms with van der Waals surface area (Å²) >= 11 is 0. The van der Waals surface area contributed by atoms with E-state index in [-0.39, 0.29) is 24.9 Å². The van der Waals surface area contributed by atoms with Crippen LogP contribution in [0, 0.1) is 0 Å². The van der Waals surface area contributed by atoms with Crippen molar-refractivity contribution in [2.45, 2.75) is 37.2 Å². The van der Waals surface area contributed by atoms with Gasteiger partial charge in [0.25, 0.3) is 0 Å². The number of nitrogens with zero attached hydrogens (tertiary/aromatic N) is 1. The van der Waals surface area contributed by atoms with Crippen molar-refractivity contribution in [1.82, 2.24) is 4.90 Å². The Balaban J connectivity index is 1.74. The van der Waals surface area contributed by atoms with Gasteiger partial charge in [-0.05, 0) is 26.0 Å². The molecule has 1 aromatic rings. The Kier molecular flexibility index (Phi) is 3.11. The van der Waals surface area contributed by atoms with Gasteiger partial charge in [0.1, 0.15) is 0 Å². The molecule has 5 rings (SSSR count). The van der Waals surface area contributed by atoms with E-state index in [1.807, 2.05) is 6.07 Å². The summed E-state index contributed by atoms with van der Waals surface area (Å²) in [6.45, 7) is 1.22. The Labute approximate surface area is 140 Å². The number of aliphatic hydroxyl groups excluding tert-OH is 1. The topological polar surface area (TPSA) is 60.4 Å². The summed E-state index contributed by atoms with van der Waals surface area (Å²) in [4.78, 5) is 2.37. The van der Waals surface area contributed by atoms with Crippen LogP contribution in [0.2, 0.25) is 0 Å². The minimum absolute atomic E-state index is 0.0592. The van der Waals surface area contributed by atoms with Crippen LogP contribution in [0.3, 0.4) is 0 Å². The maximum atomic E-state index is 10.5. The van der Waals surface area contributed by atoms with Crippen LogP contribution >= 0.6 is 0 Å². The van der Waals surface area contributed by atoms with Crippen LogP contribution in [-0.2, 0) is 4.74 Å². The van der Waals surface area contributed by atoms with Crippen LogP contribution < -0.4 is 14.2 Å². The Morgan fingerprint density at radius 3 is 3.04 bits per heavy atom. The molecule has 128 valence electrons. The number of benzene rings is 1. The molecular formula is C18H21NO5. The fourth-order valence-corrected chi connectivity index (χ4v) is 4.74. The molecule has 1 aliphatic carbocycles. The van der Waals surface area contributed by atoms with Crippen molar-refractivity contribution in [2.75, 3.05) is 27.5 Å². The summed E-state index contributed by atoms with van der Waals surface area (Å²) in [5, 5.41) is 10.5. The molecule has 4 atom stereocenters. The lowest BCUT2D eigenvalue weighted by atomic mass is 9.74. The zero-order valence-corrected chi connectivity index (χ0v) is 13.8. The number of rotatable bonds is 1. The molecule has 1 aromatic carbocycles. The average molecular weight is 331 g/mol. The smallest absolute Gasteiger partial charge is 0.231 e. The second-order valence-corrected chi connectivity index (χ2v) is 6.89. The van der Waals surface area contributed by atoms with Gasteiger partial charge < -0.3 is 24.1 Å². The van der Waals surface area contributed by atoms with Crippen LogP contribution in [0.15, 0.2) is 17.7 Å². The highest BCUT2D eigenvalue weighted by Gasteiger charge is 2.49. The molecule has 3 heterocycles. The third kappa shape index (κ3) is 1.82. The molecule has 1 N–H and O–H groups in total. The molecule has 0 bridgehead atoms. The van der Waals surface area contributed by atoms with Crippen LogP contribution in [0.4, 0.5) is 0 Å². The first-order valence-corrected chi connectivity index (χ1v) is 8.42. The highest BCUT2D eigenvalue weighted by molar-refractivity contribution is 5.63. The normalized spacial score (nSPS) is 33.5.